The lowest BCUT2D eigenvalue weighted by atomic mass is 10.2. The van der Waals surface area contributed by atoms with Crippen LogP contribution in [-0.4, -0.2) is 64.8 Å². The maximum Gasteiger partial charge on any atom is 0.328 e. The molecule has 2 aromatic carbocycles. The molecular formula is C26H26N4O5. The molecule has 0 saturated carbocycles. The quantitative estimate of drug-likeness (QED) is 0.585. The minimum absolute atomic E-state index is 0.0213. The minimum atomic E-state index is -0.607. The van der Waals surface area contributed by atoms with Crippen LogP contribution in [-0.2, 0) is 6.54 Å². The average Bonchev–Trinajstić information content (AvgIpc) is 3.35. The van der Waals surface area contributed by atoms with Crippen LogP contribution in [0.4, 0.5) is 0 Å². The monoisotopic (exact) mass is 474 g/mol. The SMILES string of the molecule is O=C(c1c[nH]c(=O)n(Cc2ccc3c(c2)OCO3)c1=O)N1CCN(C/C=C/c2ccccc2)CC1. The van der Waals surface area contributed by atoms with Gasteiger partial charge in [0, 0.05) is 38.9 Å². The van der Waals surface area contributed by atoms with Crippen LogP contribution in [0.2, 0.25) is 0 Å². The highest BCUT2D eigenvalue weighted by molar-refractivity contribution is 5.93. The second-order valence-electron chi connectivity index (χ2n) is 8.49. The summed E-state index contributed by atoms with van der Waals surface area (Å²) in [6.45, 7) is 3.39. The lowest BCUT2D eigenvalue weighted by Crippen LogP contribution is -2.50. The van der Waals surface area contributed by atoms with Gasteiger partial charge < -0.3 is 19.4 Å². The fraction of sp³-hybridized carbons (Fsp3) is 0.269. The van der Waals surface area contributed by atoms with Gasteiger partial charge in [0.1, 0.15) is 5.56 Å². The first-order valence-corrected chi connectivity index (χ1v) is 11.5. The van der Waals surface area contributed by atoms with E-state index in [1.165, 1.54) is 6.20 Å². The van der Waals surface area contributed by atoms with E-state index in [2.05, 4.69) is 34.2 Å². The maximum absolute atomic E-state index is 13.1. The number of hydrogen-bond acceptors (Lipinski definition) is 6. The fourth-order valence-corrected chi connectivity index (χ4v) is 4.24. The predicted molar refractivity (Wildman–Crippen MR) is 131 cm³/mol. The molecule has 9 nitrogen and oxygen atoms in total. The fourth-order valence-electron chi connectivity index (χ4n) is 4.24. The van der Waals surface area contributed by atoms with Gasteiger partial charge in [-0.05, 0) is 23.3 Å². The zero-order valence-corrected chi connectivity index (χ0v) is 19.2. The second kappa shape index (κ2) is 10.0. The zero-order valence-electron chi connectivity index (χ0n) is 19.2. The number of fused-ring (bicyclic) bond motifs is 1. The van der Waals surface area contributed by atoms with E-state index in [1.54, 1.807) is 23.1 Å². The van der Waals surface area contributed by atoms with Crippen LogP contribution in [0.5, 0.6) is 11.5 Å². The smallest absolute Gasteiger partial charge is 0.328 e. The number of aromatic nitrogens is 2. The van der Waals surface area contributed by atoms with E-state index in [0.29, 0.717) is 43.2 Å². The minimum Gasteiger partial charge on any atom is -0.454 e. The Morgan fingerprint density at radius 2 is 1.74 bits per heavy atom. The molecule has 2 aliphatic rings. The third kappa shape index (κ3) is 5.04. The molecule has 3 heterocycles. The van der Waals surface area contributed by atoms with Gasteiger partial charge in [0.25, 0.3) is 11.5 Å². The molecule has 0 bridgehead atoms. The molecule has 1 aromatic heterocycles. The van der Waals surface area contributed by atoms with Crippen LogP contribution in [0.1, 0.15) is 21.5 Å². The second-order valence-corrected chi connectivity index (χ2v) is 8.49. The lowest BCUT2D eigenvalue weighted by molar-refractivity contribution is 0.0647. The van der Waals surface area contributed by atoms with Crippen molar-refractivity contribution in [2.45, 2.75) is 6.54 Å². The van der Waals surface area contributed by atoms with Gasteiger partial charge in [0.2, 0.25) is 6.79 Å². The van der Waals surface area contributed by atoms with Crippen LogP contribution >= 0.6 is 0 Å². The normalized spacial score (nSPS) is 15.6. The average molecular weight is 475 g/mol. The number of aromatic amines is 1. The van der Waals surface area contributed by atoms with E-state index >= 15 is 0 Å². The number of nitrogens with one attached hydrogen (secondary N) is 1. The summed E-state index contributed by atoms with van der Waals surface area (Å²) in [5.74, 6) is 0.814. The number of piperazine rings is 1. The first-order chi connectivity index (χ1) is 17.1. The zero-order chi connectivity index (χ0) is 24.2. The lowest BCUT2D eigenvalue weighted by Gasteiger charge is -2.34. The van der Waals surface area contributed by atoms with Gasteiger partial charge in [-0.2, -0.15) is 0 Å². The summed E-state index contributed by atoms with van der Waals surface area (Å²) >= 11 is 0. The van der Waals surface area contributed by atoms with E-state index in [-0.39, 0.29) is 24.8 Å². The molecule has 5 rings (SSSR count). The van der Waals surface area contributed by atoms with Crippen molar-refractivity contribution in [3.8, 4) is 11.5 Å². The first-order valence-electron chi connectivity index (χ1n) is 11.5. The Morgan fingerprint density at radius 1 is 0.971 bits per heavy atom. The topological polar surface area (TPSA) is 96.9 Å². The van der Waals surface area contributed by atoms with Crippen LogP contribution in [0, 0.1) is 0 Å². The summed E-state index contributed by atoms with van der Waals surface area (Å²) < 4.78 is 11.7. The summed E-state index contributed by atoms with van der Waals surface area (Å²) in [6, 6.07) is 15.3. The molecule has 0 aliphatic carbocycles. The number of carbonyl (C=O) groups is 1. The first kappa shape index (κ1) is 22.7. The highest BCUT2D eigenvalue weighted by atomic mass is 16.7. The number of amides is 1. The number of ether oxygens (including phenoxy) is 2. The van der Waals surface area contributed by atoms with E-state index < -0.39 is 11.2 Å². The number of benzene rings is 2. The molecule has 0 atom stereocenters. The van der Waals surface area contributed by atoms with Gasteiger partial charge in [-0.3, -0.25) is 19.1 Å². The van der Waals surface area contributed by atoms with E-state index in [4.69, 9.17) is 9.47 Å². The summed E-state index contributed by atoms with van der Waals surface area (Å²) in [5, 5.41) is 0. The summed E-state index contributed by atoms with van der Waals surface area (Å²) in [7, 11) is 0. The highest BCUT2D eigenvalue weighted by Gasteiger charge is 2.25. The van der Waals surface area contributed by atoms with Crippen molar-refractivity contribution in [3.05, 3.63) is 98.3 Å². The van der Waals surface area contributed by atoms with Crippen molar-refractivity contribution < 1.29 is 14.3 Å². The Labute approximate surface area is 201 Å². The molecule has 1 fully saturated rings. The molecule has 1 amide bonds. The Kier molecular flexibility index (Phi) is 6.49. The van der Waals surface area contributed by atoms with Crippen molar-refractivity contribution in [2.75, 3.05) is 39.5 Å². The molecule has 180 valence electrons. The van der Waals surface area contributed by atoms with E-state index in [0.717, 1.165) is 16.7 Å². The molecule has 0 spiro atoms. The summed E-state index contributed by atoms with van der Waals surface area (Å²) in [4.78, 5) is 45.0. The third-order valence-electron chi connectivity index (χ3n) is 6.20. The largest absolute Gasteiger partial charge is 0.454 e. The third-order valence-corrected chi connectivity index (χ3v) is 6.20. The van der Waals surface area contributed by atoms with Crippen molar-refractivity contribution >= 4 is 12.0 Å². The van der Waals surface area contributed by atoms with Crippen molar-refractivity contribution in [1.82, 2.24) is 19.4 Å². The Bertz CT molecular complexity index is 1350. The van der Waals surface area contributed by atoms with E-state index in [9.17, 15) is 14.4 Å². The van der Waals surface area contributed by atoms with Crippen LogP contribution in [0.25, 0.3) is 6.08 Å². The number of rotatable bonds is 6. The molecule has 1 saturated heterocycles. The highest BCUT2D eigenvalue weighted by Crippen LogP contribution is 2.32. The Hall–Kier alpha value is -4.11. The molecule has 2 aliphatic heterocycles. The predicted octanol–water partition coefficient (Wildman–Crippen LogP) is 1.78. The molecule has 0 radical (unpaired) electrons. The van der Waals surface area contributed by atoms with Crippen LogP contribution < -0.4 is 20.7 Å². The summed E-state index contributed by atoms with van der Waals surface area (Å²) in [6.07, 6.45) is 5.42. The molecule has 9 heteroatoms. The van der Waals surface area contributed by atoms with Crippen molar-refractivity contribution in [3.63, 3.8) is 0 Å². The number of nitrogens with zero attached hydrogens (tertiary/aromatic N) is 3. The molecule has 35 heavy (non-hydrogen) atoms. The Morgan fingerprint density at radius 3 is 2.54 bits per heavy atom. The summed E-state index contributed by atoms with van der Waals surface area (Å²) in [5.41, 5.74) is 0.631. The van der Waals surface area contributed by atoms with Crippen LogP contribution in [0.3, 0.4) is 0 Å². The van der Waals surface area contributed by atoms with Crippen molar-refractivity contribution in [2.24, 2.45) is 0 Å². The molecular weight excluding hydrogens is 448 g/mol. The molecule has 3 aromatic rings. The maximum atomic E-state index is 13.1. The van der Waals surface area contributed by atoms with Gasteiger partial charge in [0.05, 0.1) is 6.54 Å². The van der Waals surface area contributed by atoms with E-state index in [1.807, 2.05) is 18.2 Å². The number of H-pyrrole nitrogens is 1. The standard InChI is InChI=1S/C26H26N4O5/c31-24(29-13-11-28(12-14-29)10-4-7-19-5-2-1-3-6-19)21-16-27-26(33)30(25(21)32)17-20-8-9-22-23(15-20)35-18-34-22/h1-9,15-16H,10-14,17-18H2,(H,27,33)/b7-4+. The van der Waals surface area contributed by atoms with Crippen molar-refractivity contribution in [1.29, 1.82) is 0 Å². The van der Waals surface area contributed by atoms with Crippen LogP contribution in [0.15, 0.2) is 70.4 Å². The molecule has 1 N–H and O–H groups in total. The number of carbonyl (C=O) groups excluding carboxylic acids is 1. The Balaban J connectivity index is 1.23. The van der Waals surface area contributed by atoms with Gasteiger partial charge >= 0.3 is 5.69 Å². The number of hydrogen-bond donors (Lipinski definition) is 1. The van der Waals surface area contributed by atoms with Gasteiger partial charge in [0.15, 0.2) is 11.5 Å². The molecule has 0 unspecified atom stereocenters. The van der Waals surface area contributed by atoms with Gasteiger partial charge in [-0.1, -0.05) is 48.6 Å². The van der Waals surface area contributed by atoms with Gasteiger partial charge in [-0.25, -0.2) is 4.79 Å². The van der Waals surface area contributed by atoms with Gasteiger partial charge in [-0.15, -0.1) is 0 Å².